The number of fused-ring (bicyclic) bond motifs is 2. The second-order valence-electron chi connectivity index (χ2n) is 10.2. The number of aromatic amines is 1. The number of H-pyrrole nitrogens is 1. The molecule has 1 aliphatic rings. The number of aromatic nitrogens is 2. The summed E-state index contributed by atoms with van der Waals surface area (Å²) >= 11 is 1.39. The second-order valence-corrected chi connectivity index (χ2v) is 11.3. The Bertz CT molecular complexity index is 2130. The molecule has 0 fully saturated rings. The van der Waals surface area contributed by atoms with Crippen molar-refractivity contribution in [3.05, 3.63) is 142 Å². The highest BCUT2D eigenvalue weighted by Gasteiger charge is 2.37. The molecule has 0 atom stereocenters. The average Bonchev–Trinajstić information content (AvgIpc) is 3.60. The molecule has 7 rings (SSSR count). The molecule has 0 bridgehead atoms. The fourth-order valence-corrected chi connectivity index (χ4v) is 5.91. The van der Waals surface area contributed by atoms with Crippen molar-refractivity contribution in [1.29, 1.82) is 0 Å². The molecule has 0 spiro atoms. The second kappa shape index (κ2) is 11.2. The van der Waals surface area contributed by atoms with Crippen LogP contribution >= 0.6 is 11.8 Å². The zero-order chi connectivity index (χ0) is 31.1. The molecule has 6 aromatic rings. The molecule has 5 aromatic carbocycles. The lowest BCUT2D eigenvalue weighted by molar-refractivity contribution is -0.384. The first-order valence-corrected chi connectivity index (χ1v) is 14.6. The van der Waals surface area contributed by atoms with Gasteiger partial charge in [0, 0.05) is 38.7 Å². The number of hydrogen-bond acceptors (Lipinski definition) is 7. The quantitative estimate of drug-likeness (QED) is 0.109. The Labute approximate surface area is 259 Å². The summed E-state index contributed by atoms with van der Waals surface area (Å²) in [6, 6.07) is 32.5. The van der Waals surface area contributed by atoms with Crippen molar-refractivity contribution in [3.63, 3.8) is 0 Å². The van der Waals surface area contributed by atoms with Crippen LogP contribution < -0.4 is 10.2 Å². The van der Waals surface area contributed by atoms with E-state index in [0.29, 0.717) is 17.2 Å². The number of imide groups is 1. The first kappa shape index (κ1) is 27.7. The lowest BCUT2D eigenvalue weighted by Gasteiger charge is -2.14. The van der Waals surface area contributed by atoms with Crippen molar-refractivity contribution in [2.24, 2.45) is 0 Å². The van der Waals surface area contributed by atoms with Gasteiger partial charge < -0.3 is 10.3 Å². The molecule has 0 saturated heterocycles. The van der Waals surface area contributed by atoms with E-state index in [1.807, 2.05) is 42.5 Å². The molecule has 0 aliphatic carbocycles. The molecule has 0 radical (unpaired) electrons. The Morgan fingerprint density at radius 3 is 2.24 bits per heavy atom. The van der Waals surface area contributed by atoms with Gasteiger partial charge in [-0.2, -0.15) is 0 Å². The SMILES string of the molecule is O=C(Nc1cccc(-c2nc3ccccc3[nH]2)c1)c1ccc2c(c1)C(=O)N(c1ccc(Sc3ccc([N+](=O)[O-])cc3)cc1)C2=O. The number of amides is 3. The molecule has 1 aliphatic heterocycles. The van der Waals surface area contributed by atoms with Gasteiger partial charge in [0.15, 0.2) is 0 Å². The van der Waals surface area contributed by atoms with Crippen LogP contribution in [0.25, 0.3) is 22.4 Å². The first-order valence-electron chi connectivity index (χ1n) is 13.8. The number of carbonyl (C=O) groups excluding carboxylic acids is 3. The normalized spacial score (nSPS) is 12.4. The van der Waals surface area contributed by atoms with Gasteiger partial charge in [-0.3, -0.25) is 24.5 Å². The lowest BCUT2D eigenvalue weighted by Crippen LogP contribution is -2.29. The van der Waals surface area contributed by atoms with E-state index in [1.165, 1.54) is 42.1 Å². The molecule has 2 heterocycles. The number of non-ortho nitro benzene ring substituents is 1. The number of anilines is 2. The smallest absolute Gasteiger partial charge is 0.269 e. The third-order valence-corrected chi connectivity index (χ3v) is 8.33. The number of para-hydroxylation sites is 2. The van der Waals surface area contributed by atoms with Gasteiger partial charge in [0.2, 0.25) is 0 Å². The zero-order valence-corrected chi connectivity index (χ0v) is 24.1. The van der Waals surface area contributed by atoms with Gasteiger partial charge >= 0.3 is 0 Å². The van der Waals surface area contributed by atoms with Crippen LogP contribution in [0.2, 0.25) is 0 Å². The largest absolute Gasteiger partial charge is 0.338 e. The Kier molecular flexibility index (Phi) is 6.91. The van der Waals surface area contributed by atoms with Gasteiger partial charge in [-0.05, 0) is 78.9 Å². The minimum absolute atomic E-state index is 0.00843. The maximum Gasteiger partial charge on any atom is 0.269 e. The maximum atomic E-state index is 13.4. The van der Waals surface area contributed by atoms with Crippen LogP contribution in [-0.2, 0) is 0 Å². The standard InChI is InChI=1S/C34H21N5O5S/c40-32(35-22-5-3-4-20(18-22)31-36-29-6-1-2-7-30(29)37-31)21-8-17-27-28(19-21)34(42)38(33(27)41)23-9-13-25(14-10-23)45-26-15-11-24(12-16-26)39(43)44/h1-19H,(H,35,40)(H,36,37). The van der Waals surface area contributed by atoms with E-state index < -0.39 is 22.6 Å². The first-order chi connectivity index (χ1) is 21.8. The van der Waals surface area contributed by atoms with E-state index in [-0.39, 0.29) is 22.4 Å². The van der Waals surface area contributed by atoms with Crippen LogP contribution in [0.5, 0.6) is 0 Å². The van der Waals surface area contributed by atoms with Crippen molar-refractivity contribution in [2.45, 2.75) is 9.79 Å². The minimum atomic E-state index is -0.521. The van der Waals surface area contributed by atoms with Crippen LogP contribution in [0.3, 0.4) is 0 Å². The van der Waals surface area contributed by atoms with Crippen molar-refractivity contribution in [1.82, 2.24) is 9.97 Å². The third-order valence-electron chi connectivity index (χ3n) is 7.31. The van der Waals surface area contributed by atoms with Gasteiger partial charge in [0.25, 0.3) is 23.4 Å². The van der Waals surface area contributed by atoms with Gasteiger partial charge in [0.05, 0.1) is 32.8 Å². The molecular formula is C34H21N5O5S. The number of nitrogens with zero attached hydrogens (tertiary/aromatic N) is 3. The minimum Gasteiger partial charge on any atom is -0.338 e. The number of imidazole rings is 1. The number of hydrogen-bond donors (Lipinski definition) is 2. The highest BCUT2D eigenvalue weighted by molar-refractivity contribution is 7.99. The van der Waals surface area contributed by atoms with Gasteiger partial charge in [-0.25, -0.2) is 9.88 Å². The van der Waals surface area contributed by atoms with Crippen LogP contribution in [0.4, 0.5) is 17.1 Å². The number of nitro groups is 1. The summed E-state index contributed by atoms with van der Waals surface area (Å²) in [5.41, 5.74) is 4.09. The van der Waals surface area contributed by atoms with Gasteiger partial charge in [0.1, 0.15) is 5.82 Å². The topological polar surface area (TPSA) is 138 Å². The molecule has 10 nitrogen and oxygen atoms in total. The number of nitrogens with one attached hydrogen (secondary N) is 2. The van der Waals surface area contributed by atoms with E-state index in [4.69, 9.17) is 0 Å². The van der Waals surface area contributed by atoms with E-state index in [2.05, 4.69) is 15.3 Å². The predicted molar refractivity (Wildman–Crippen MR) is 171 cm³/mol. The Balaban J connectivity index is 1.06. The highest BCUT2D eigenvalue weighted by Crippen LogP contribution is 2.33. The Hall–Kier alpha value is -6.07. The summed E-state index contributed by atoms with van der Waals surface area (Å²) in [4.78, 5) is 60.8. The Morgan fingerprint density at radius 2 is 1.51 bits per heavy atom. The average molecular weight is 612 g/mol. The monoisotopic (exact) mass is 611 g/mol. The molecule has 45 heavy (non-hydrogen) atoms. The number of benzene rings is 5. The van der Waals surface area contributed by atoms with E-state index in [1.54, 1.807) is 42.5 Å². The number of rotatable bonds is 7. The predicted octanol–water partition coefficient (Wildman–Crippen LogP) is 7.34. The van der Waals surface area contributed by atoms with Gasteiger partial charge in [-0.1, -0.05) is 36.0 Å². The summed E-state index contributed by atoms with van der Waals surface area (Å²) in [6.07, 6.45) is 0. The molecule has 11 heteroatoms. The van der Waals surface area contributed by atoms with Crippen molar-refractivity contribution in [2.75, 3.05) is 10.2 Å². The molecule has 2 N–H and O–H groups in total. The van der Waals surface area contributed by atoms with E-state index in [0.717, 1.165) is 31.3 Å². The molecular weight excluding hydrogens is 590 g/mol. The van der Waals surface area contributed by atoms with Crippen LogP contribution in [-0.4, -0.2) is 32.6 Å². The fraction of sp³-hybridized carbons (Fsp3) is 0. The summed E-state index contributed by atoms with van der Waals surface area (Å²) in [6.45, 7) is 0. The van der Waals surface area contributed by atoms with Crippen molar-refractivity contribution >= 4 is 57.6 Å². The molecule has 1 aromatic heterocycles. The van der Waals surface area contributed by atoms with Crippen molar-refractivity contribution < 1.29 is 19.3 Å². The van der Waals surface area contributed by atoms with E-state index in [9.17, 15) is 24.5 Å². The summed E-state index contributed by atoms with van der Waals surface area (Å²) in [5, 5.41) is 13.8. The van der Waals surface area contributed by atoms with Crippen molar-refractivity contribution in [3.8, 4) is 11.4 Å². The summed E-state index contributed by atoms with van der Waals surface area (Å²) in [7, 11) is 0. The van der Waals surface area contributed by atoms with Crippen LogP contribution in [0.1, 0.15) is 31.1 Å². The fourth-order valence-electron chi connectivity index (χ4n) is 5.09. The molecule has 0 saturated carbocycles. The lowest BCUT2D eigenvalue weighted by atomic mass is 10.1. The number of nitro benzene ring substituents is 1. The molecule has 218 valence electrons. The van der Waals surface area contributed by atoms with E-state index >= 15 is 0 Å². The van der Waals surface area contributed by atoms with Crippen LogP contribution in [0.15, 0.2) is 125 Å². The Morgan fingerprint density at radius 1 is 0.800 bits per heavy atom. The van der Waals surface area contributed by atoms with Gasteiger partial charge in [-0.15, -0.1) is 0 Å². The molecule has 0 unspecified atom stereocenters. The zero-order valence-electron chi connectivity index (χ0n) is 23.3. The summed E-state index contributed by atoms with van der Waals surface area (Å²) < 4.78 is 0. The summed E-state index contributed by atoms with van der Waals surface area (Å²) in [5.74, 6) is -0.749. The maximum absolute atomic E-state index is 13.4. The highest BCUT2D eigenvalue weighted by atomic mass is 32.2. The van der Waals surface area contributed by atoms with Crippen LogP contribution in [0, 0.1) is 10.1 Å². The third kappa shape index (κ3) is 5.32. The molecule has 3 amide bonds. The number of carbonyl (C=O) groups is 3.